The van der Waals surface area contributed by atoms with E-state index in [0.717, 1.165) is 5.43 Å². The Balaban J connectivity index is 3.05. The number of hydrogen-bond acceptors (Lipinski definition) is 3. The highest BCUT2D eigenvalue weighted by atomic mass is 19.4. The molecule has 92 valence electrons. The van der Waals surface area contributed by atoms with Gasteiger partial charge in [0.1, 0.15) is 5.71 Å². The largest absolute Gasteiger partial charge is 0.479 e. The monoisotopic (exact) mass is 250 g/mol. The van der Waals surface area contributed by atoms with Crippen LogP contribution in [0.2, 0.25) is 0 Å². The van der Waals surface area contributed by atoms with Gasteiger partial charge in [-0.25, -0.2) is 4.79 Å². The van der Waals surface area contributed by atoms with E-state index in [1.54, 1.807) is 0 Å². The first-order valence-corrected chi connectivity index (χ1v) is 3.72. The molecule has 1 heterocycles. The van der Waals surface area contributed by atoms with Crippen molar-refractivity contribution in [2.75, 3.05) is 0 Å². The zero-order valence-corrected chi connectivity index (χ0v) is 7.28. The van der Waals surface area contributed by atoms with Gasteiger partial charge in [-0.15, -0.1) is 0 Å². The molecule has 0 aliphatic carbocycles. The molecule has 0 fully saturated rings. The summed E-state index contributed by atoms with van der Waals surface area (Å²) in [6, 6.07) is 0. The molecule has 0 aromatic carbocycles. The maximum atomic E-state index is 12.3. The standard InChI is InChI=1S/C6H4F6N2O2/c7-5(8,9)2-1-4(3(15)16,14-13-2)6(10,11)12/h14H,1H2,(H,15,16). The van der Waals surface area contributed by atoms with Crippen molar-refractivity contribution in [3.05, 3.63) is 0 Å². The van der Waals surface area contributed by atoms with Gasteiger partial charge >= 0.3 is 18.3 Å². The number of carboxylic acids is 1. The molecule has 0 bridgehead atoms. The second-order valence-electron chi connectivity index (χ2n) is 3.05. The van der Waals surface area contributed by atoms with Crippen LogP contribution in [0, 0.1) is 0 Å². The molecular formula is C6H4F6N2O2. The Morgan fingerprint density at radius 3 is 2.00 bits per heavy atom. The van der Waals surface area contributed by atoms with E-state index in [-0.39, 0.29) is 0 Å². The number of aliphatic carboxylic acids is 1. The van der Waals surface area contributed by atoms with E-state index in [0.29, 0.717) is 0 Å². The van der Waals surface area contributed by atoms with E-state index in [2.05, 4.69) is 5.10 Å². The van der Waals surface area contributed by atoms with Gasteiger partial charge < -0.3 is 5.11 Å². The summed E-state index contributed by atoms with van der Waals surface area (Å²) in [6.45, 7) is 0. The van der Waals surface area contributed by atoms with Crippen LogP contribution in [0.3, 0.4) is 0 Å². The first-order chi connectivity index (χ1) is 7.01. The predicted octanol–water partition coefficient (Wildman–Crippen LogP) is 1.28. The molecule has 1 atom stereocenters. The van der Waals surface area contributed by atoms with Crippen LogP contribution >= 0.6 is 0 Å². The Labute approximate surface area is 83.9 Å². The van der Waals surface area contributed by atoms with E-state index in [1.807, 2.05) is 0 Å². The highest BCUT2D eigenvalue weighted by molar-refractivity contribution is 5.98. The first kappa shape index (κ1) is 12.6. The Bertz CT molecular complexity index is 346. The number of halogens is 6. The number of alkyl halides is 6. The van der Waals surface area contributed by atoms with Crippen LogP contribution in [0.4, 0.5) is 26.3 Å². The van der Waals surface area contributed by atoms with Crippen LogP contribution < -0.4 is 5.43 Å². The molecule has 4 nitrogen and oxygen atoms in total. The first-order valence-electron chi connectivity index (χ1n) is 3.72. The van der Waals surface area contributed by atoms with Gasteiger partial charge in [-0.3, -0.25) is 5.43 Å². The number of hydrogen-bond donors (Lipinski definition) is 2. The minimum Gasteiger partial charge on any atom is -0.479 e. The summed E-state index contributed by atoms with van der Waals surface area (Å²) in [5.41, 5.74) is -4.49. The third-order valence-corrected chi connectivity index (χ3v) is 1.99. The van der Waals surface area contributed by atoms with Crippen LogP contribution in [-0.2, 0) is 4.79 Å². The van der Waals surface area contributed by atoms with Crippen molar-refractivity contribution in [2.45, 2.75) is 24.3 Å². The zero-order chi connectivity index (χ0) is 12.8. The maximum absolute atomic E-state index is 12.3. The van der Waals surface area contributed by atoms with Crippen molar-refractivity contribution in [3.8, 4) is 0 Å². The van der Waals surface area contributed by atoms with Crippen molar-refractivity contribution in [2.24, 2.45) is 5.10 Å². The summed E-state index contributed by atoms with van der Waals surface area (Å²) in [6.07, 6.45) is -12.2. The molecule has 10 heteroatoms. The number of rotatable bonds is 1. The molecule has 2 N–H and O–H groups in total. The molecule has 0 spiro atoms. The Hall–Kier alpha value is -1.48. The molecule has 1 rings (SSSR count). The second-order valence-corrected chi connectivity index (χ2v) is 3.05. The summed E-state index contributed by atoms with van der Waals surface area (Å²) >= 11 is 0. The van der Waals surface area contributed by atoms with Gasteiger partial charge in [0, 0.05) is 6.42 Å². The van der Waals surface area contributed by atoms with Crippen molar-refractivity contribution in [1.29, 1.82) is 0 Å². The number of nitrogens with one attached hydrogen (secondary N) is 1. The van der Waals surface area contributed by atoms with Crippen LogP contribution in [-0.4, -0.2) is 34.7 Å². The number of nitrogens with zero attached hydrogens (tertiary/aromatic N) is 1. The lowest BCUT2D eigenvalue weighted by atomic mass is 9.94. The maximum Gasteiger partial charge on any atom is 0.431 e. The third-order valence-electron chi connectivity index (χ3n) is 1.99. The minimum absolute atomic E-state index is 1.01. The van der Waals surface area contributed by atoms with E-state index in [1.165, 1.54) is 0 Å². The summed E-state index contributed by atoms with van der Waals surface area (Å²) in [5.74, 6) is -2.46. The van der Waals surface area contributed by atoms with Gasteiger partial charge in [0.2, 0.25) is 0 Å². The van der Waals surface area contributed by atoms with E-state index in [4.69, 9.17) is 5.11 Å². The topological polar surface area (TPSA) is 61.7 Å². The molecule has 1 aliphatic rings. The van der Waals surface area contributed by atoms with Crippen LogP contribution in [0.25, 0.3) is 0 Å². The summed E-state index contributed by atoms with van der Waals surface area (Å²) < 4.78 is 73.1. The van der Waals surface area contributed by atoms with E-state index < -0.39 is 36.0 Å². The quantitative estimate of drug-likeness (QED) is 0.689. The number of carbonyl (C=O) groups is 1. The molecule has 0 saturated heterocycles. The molecule has 16 heavy (non-hydrogen) atoms. The molecule has 1 unspecified atom stereocenters. The molecular weight excluding hydrogens is 246 g/mol. The molecule has 0 saturated carbocycles. The third kappa shape index (κ3) is 1.78. The fourth-order valence-corrected chi connectivity index (χ4v) is 1.07. The van der Waals surface area contributed by atoms with Crippen LogP contribution in [0.1, 0.15) is 6.42 Å². The molecule has 1 aliphatic heterocycles. The van der Waals surface area contributed by atoms with Crippen LogP contribution in [0.15, 0.2) is 5.10 Å². The lowest BCUT2D eigenvalue weighted by molar-refractivity contribution is -0.206. The highest BCUT2D eigenvalue weighted by Crippen LogP contribution is 2.39. The second kappa shape index (κ2) is 3.25. The van der Waals surface area contributed by atoms with Crippen molar-refractivity contribution in [1.82, 2.24) is 5.43 Å². The lowest BCUT2D eigenvalue weighted by Crippen LogP contribution is -2.59. The van der Waals surface area contributed by atoms with Crippen molar-refractivity contribution < 1.29 is 36.2 Å². The van der Waals surface area contributed by atoms with E-state index in [9.17, 15) is 31.1 Å². The molecule has 0 aromatic heterocycles. The highest BCUT2D eigenvalue weighted by Gasteiger charge is 2.66. The van der Waals surface area contributed by atoms with Crippen molar-refractivity contribution in [3.63, 3.8) is 0 Å². The smallest absolute Gasteiger partial charge is 0.431 e. The molecule has 0 radical (unpaired) electrons. The lowest BCUT2D eigenvalue weighted by Gasteiger charge is -2.26. The predicted molar refractivity (Wildman–Crippen MR) is 37.7 cm³/mol. The van der Waals surface area contributed by atoms with Crippen molar-refractivity contribution >= 4 is 11.7 Å². The average Bonchev–Trinajstić information content (AvgIpc) is 2.45. The van der Waals surface area contributed by atoms with Crippen LogP contribution in [0.5, 0.6) is 0 Å². The van der Waals surface area contributed by atoms with E-state index >= 15 is 0 Å². The fourth-order valence-electron chi connectivity index (χ4n) is 1.07. The summed E-state index contributed by atoms with van der Waals surface area (Å²) in [7, 11) is 0. The van der Waals surface area contributed by atoms with Gasteiger partial charge in [0.25, 0.3) is 5.54 Å². The Morgan fingerprint density at radius 2 is 1.81 bits per heavy atom. The minimum atomic E-state index is -5.38. The average molecular weight is 250 g/mol. The van der Waals surface area contributed by atoms with Gasteiger partial charge in [0.15, 0.2) is 0 Å². The Kier molecular flexibility index (Phi) is 2.56. The zero-order valence-electron chi connectivity index (χ0n) is 7.28. The summed E-state index contributed by atoms with van der Waals surface area (Å²) in [5, 5.41) is 10.7. The molecule has 0 aromatic rings. The summed E-state index contributed by atoms with van der Waals surface area (Å²) in [4.78, 5) is 10.4. The molecule has 0 amide bonds. The SMILES string of the molecule is O=C(O)C1(C(F)(F)F)CC(C(F)(F)F)=NN1. The number of hydrazone groups is 1. The Morgan fingerprint density at radius 1 is 1.31 bits per heavy atom. The van der Waals surface area contributed by atoms with Gasteiger partial charge in [0.05, 0.1) is 0 Å². The van der Waals surface area contributed by atoms with Gasteiger partial charge in [-0.05, 0) is 0 Å². The van der Waals surface area contributed by atoms with Gasteiger partial charge in [-0.1, -0.05) is 0 Å². The van der Waals surface area contributed by atoms with Gasteiger partial charge in [-0.2, -0.15) is 31.4 Å². The normalized spacial score (nSPS) is 26.2. The fraction of sp³-hybridized carbons (Fsp3) is 0.667. The number of carboxylic acid groups (broad SMARTS) is 1.